The van der Waals surface area contributed by atoms with Gasteiger partial charge in [0.05, 0.1) is 24.4 Å². The summed E-state index contributed by atoms with van der Waals surface area (Å²) in [4.78, 5) is 22.8. The van der Waals surface area contributed by atoms with Gasteiger partial charge in [-0.25, -0.2) is 8.42 Å². The molecule has 2 N–H and O–H groups in total. The predicted molar refractivity (Wildman–Crippen MR) is 159 cm³/mol. The average molecular weight is 580 g/mol. The minimum absolute atomic E-state index is 0.0957. The summed E-state index contributed by atoms with van der Waals surface area (Å²) in [5, 5.41) is 4.04. The van der Waals surface area contributed by atoms with Crippen LogP contribution in [-0.4, -0.2) is 80.9 Å². The number of anilines is 1. The van der Waals surface area contributed by atoms with E-state index in [1.165, 1.54) is 35.4 Å². The second kappa shape index (κ2) is 12.9. The molecule has 210 valence electrons. The Kier molecular flexibility index (Phi) is 9.05. The molecule has 1 aliphatic rings. The Bertz CT molecular complexity index is 1520. The number of H-pyrrole nitrogens is 1. The van der Waals surface area contributed by atoms with Crippen LogP contribution in [0.15, 0.2) is 84.0 Å². The maximum Gasteiger partial charge on any atom is 0.267 e. The van der Waals surface area contributed by atoms with Gasteiger partial charge in [-0.05, 0) is 29.8 Å². The Hall–Kier alpha value is -3.38. The molecule has 0 radical (unpaired) electrons. The third-order valence-corrected chi connectivity index (χ3v) is 9.94. The van der Waals surface area contributed by atoms with Crippen LogP contribution in [-0.2, 0) is 20.5 Å². The fourth-order valence-corrected chi connectivity index (χ4v) is 6.96. The van der Waals surface area contributed by atoms with Gasteiger partial charge >= 0.3 is 0 Å². The first kappa shape index (κ1) is 28.2. The summed E-state index contributed by atoms with van der Waals surface area (Å²) >= 11 is 1.83. The zero-order valence-electron chi connectivity index (χ0n) is 22.3. The van der Waals surface area contributed by atoms with E-state index in [0.717, 1.165) is 44.0 Å². The van der Waals surface area contributed by atoms with Gasteiger partial charge < -0.3 is 15.0 Å². The maximum atomic E-state index is 13.3. The van der Waals surface area contributed by atoms with E-state index in [9.17, 15) is 13.2 Å². The number of thioether (sulfide) groups is 1. The molecule has 1 amide bonds. The van der Waals surface area contributed by atoms with Crippen molar-refractivity contribution in [2.75, 3.05) is 50.7 Å². The van der Waals surface area contributed by atoms with Crippen molar-refractivity contribution < 1.29 is 17.9 Å². The molecule has 40 heavy (non-hydrogen) atoms. The van der Waals surface area contributed by atoms with Crippen molar-refractivity contribution in [1.29, 1.82) is 0 Å². The average Bonchev–Trinajstić information content (AvgIpc) is 3.44. The summed E-state index contributed by atoms with van der Waals surface area (Å²) in [6.07, 6.45) is 2.85. The number of carbonyl (C=O) groups excluding carboxylic acids is 1. The van der Waals surface area contributed by atoms with Crippen LogP contribution < -0.4 is 9.62 Å². The molecule has 1 fully saturated rings. The molecule has 2 aromatic heterocycles. The first-order valence-corrected chi connectivity index (χ1v) is 15.7. The number of nitrogens with one attached hydrogen (secondary N) is 2. The number of amides is 1. The Balaban J connectivity index is 1.30. The van der Waals surface area contributed by atoms with Crippen LogP contribution in [0, 0.1) is 0 Å². The third-order valence-electron chi connectivity index (χ3n) is 6.90. The molecule has 5 rings (SSSR count). The van der Waals surface area contributed by atoms with Gasteiger partial charge in [0.15, 0.2) is 0 Å². The number of carbonyl (C=O) groups is 1. The highest BCUT2D eigenvalue weighted by Crippen LogP contribution is 2.30. The number of pyridine rings is 1. The number of fused-ring (bicyclic) bond motifs is 1. The second-order valence-electron chi connectivity index (χ2n) is 9.63. The predicted octanol–water partition coefficient (Wildman–Crippen LogP) is 3.75. The zero-order valence-corrected chi connectivity index (χ0v) is 24.0. The van der Waals surface area contributed by atoms with Crippen molar-refractivity contribution in [3.8, 4) is 0 Å². The number of morpholine rings is 1. The second-order valence-corrected chi connectivity index (χ2v) is 12.9. The van der Waals surface area contributed by atoms with Gasteiger partial charge in [0.25, 0.3) is 15.9 Å². The Labute approximate surface area is 239 Å². The Morgan fingerprint density at radius 3 is 2.67 bits per heavy atom. The molecule has 1 aliphatic heterocycles. The number of hydrogen-bond donors (Lipinski definition) is 2. The van der Waals surface area contributed by atoms with Crippen molar-refractivity contribution in [3.05, 3.63) is 90.4 Å². The number of aromatic amines is 1. The SMILES string of the molecule is CN(c1cccc2cc(C(=O)NCC(CN3CCOCC3)SCc3ccccc3)[nH]c12)S(=O)(=O)c1cccnc1. The quantitative estimate of drug-likeness (QED) is 0.279. The van der Waals surface area contributed by atoms with Gasteiger partial charge in [0, 0.05) is 62.0 Å². The van der Waals surface area contributed by atoms with Crippen molar-refractivity contribution in [2.45, 2.75) is 15.9 Å². The van der Waals surface area contributed by atoms with E-state index < -0.39 is 10.0 Å². The van der Waals surface area contributed by atoms with Gasteiger partial charge in [-0.1, -0.05) is 42.5 Å². The van der Waals surface area contributed by atoms with E-state index in [1.54, 1.807) is 24.3 Å². The fourth-order valence-electron chi connectivity index (χ4n) is 4.65. The number of benzene rings is 2. The highest BCUT2D eigenvalue weighted by atomic mass is 32.2. The number of ether oxygens (including phenoxy) is 1. The summed E-state index contributed by atoms with van der Waals surface area (Å²) in [5.74, 6) is 0.631. The van der Waals surface area contributed by atoms with Crippen LogP contribution in [0.5, 0.6) is 0 Å². The minimum atomic E-state index is -3.83. The van der Waals surface area contributed by atoms with E-state index >= 15 is 0 Å². The summed E-state index contributed by atoms with van der Waals surface area (Å²) < 4.78 is 33.1. The molecular weight excluding hydrogens is 546 g/mol. The van der Waals surface area contributed by atoms with E-state index in [-0.39, 0.29) is 16.1 Å². The number of hydrogen-bond acceptors (Lipinski definition) is 7. The Morgan fingerprint density at radius 2 is 1.93 bits per heavy atom. The highest BCUT2D eigenvalue weighted by molar-refractivity contribution is 7.99. The molecule has 2 aromatic carbocycles. The number of nitrogens with zero attached hydrogens (tertiary/aromatic N) is 3. The van der Waals surface area contributed by atoms with Crippen molar-refractivity contribution >= 4 is 44.3 Å². The van der Waals surface area contributed by atoms with Crippen LogP contribution in [0.4, 0.5) is 5.69 Å². The molecule has 1 atom stereocenters. The smallest absolute Gasteiger partial charge is 0.267 e. The van der Waals surface area contributed by atoms with Crippen LogP contribution in [0.2, 0.25) is 0 Å². The molecule has 0 spiro atoms. The van der Waals surface area contributed by atoms with Gasteiger partial charge in [-0.3, -0.25) is 19.0 Å². The maximum absolute atomic E-state index is 13.3. The van der Waals surface area contributed by atoms with Crippen molar-refractivity contribution in [3.63, 3.8) is 0 Å². The number of sulfonamides is 1. The summed E-state index contributed by atoms with van der Waals surface area (Å²) in [5.41, 5.74) is 2.65. The largest absolute Gasteiger partial charge is 0.379 e. The molecule has 9 nitrogen and oxygen atoms in total. The first-order chi connectivity index (χ1) is 19.4. The lowest BCUT2D eigenvalue weighted by atomic mass is 10.2. The van der Waals surface area contributed by atoms with Crippen molar-refractivity contribution in [2.24, 2.45) is 0 Å². The molecular formula is C29H33N5O4S2. The van der Waals surface area contributed by atoms with Crippen LogP contribution in [0.1, 0.15) is 16.1 Å². The third kappa shape index (κ3) is 6.67. The molecule has 1 unspecified atom stereocenters. The van der Waals surface area contributed by atoms with Gasteiger partial charge in [-0.15, -0.1) is 0 Å². The van der Waals surface area contributed by atoms with Crippen LogP contribution in [0.3, 0.4) is 0 Å². The first-order valence-electron chi connectivity index (χ1n) is 13.2. The normalized spacial score (nSPS) is 15.1. The number of rotatable bonds is 11. The molecule has 1 saturated heterocycles. The van der Waals surface area contributed by atoms with Crippen LogP contribution >= 0.6 is 11.8 Å². The number of aromatic nitrogens is 2. The van der Waals surface area contributed by atoms with Gasteiger partial charge in [-0.2, -0.15) is 11.8 Å². The van der Waals surface area contributed by atoms with E-state index in [2.05, 4.69) is 32.3 Å². The minimum Gasteiger partial charge on any atom is -0.379 e. The molecule has 4 aromatic rings. The lowest BCUT2D eigenvalue weighted by Crippen LogP contribution is -2.43. The fraction of sp³-hybridized carbons (Fsp3) is 0.310. The van der Waals surface area contributed by atoms with Gasteiger partial charge in [0.1, 0.15) is 10.6 Å². The molecule has 0 saturated carbocycles. The number of para-hydroxylation sites is 1. The van der Waals surface area contributed by atoms with E-state index in [1.807, 2.05) is 36.0 Å². The summed E-state index contributed by atoms with van der Waals surface area (Å²) in [6, 6.07) is 20.5. The zero-order chi connectivity index (χ0) is 28.0. The molecule has 0 bridgehead atoms. The topological polar surface area (TPSA) is 108 Å². The molecule has 0 aliphatic carbocycles. The lowest BCUT2D eigenvalue weighted by Gasteiger charge is -2.30. The van der Waals surface area contributed by atoms with Crippen LogP contribution in [0.25, 0.3) is 10.9 Å². The van der Waals surface area contributed by atoms with Crippen molar-refractivity contribution in [1.82, 2.24) is 20.2 Å². The Morgan fingerprint density at radius 1 is 1.12 bits per heavy atom. The lowest BCUT2D eigenvalue weighted by molar-refractivity contribution is 0.0381. The molecule has 3 heterocycles. The summed E-state index contributed by atoms with van der Waals surface area (Å²) in [6.45, 7) is 4.59. The summed E-state index contributed by atoms with van der Waals surface area (Å²) in [7, 11) is -2.33. The van der Waals surface area contributed by atoms with E-state index in [4.69, 9.17) is 4.74 Å². The standard InChI is InChI=1S/C29H33N5O4S2/c1-33(40(36,37)25-10-6-12-30-19-25)27-11-5-9-23-17-26(32-28(23)27)29(35)31-18-24(20-34-13-15-38-16-14-34)39-21-22-7-3-2-4-8-22/h2-12,17,19,24,32H,13-16,18,20-21H2,1H3,(H,31,35). The highest BCUT2D eigenvalue weighted by Gasteiger charge is 2.24. The molecule has 11 heteroatoms. The van der Waals surface area contributed by atoms with Gasteiger partial charge in [0.2, 0.25) is 0 Å². The van der Waals surface area contributed by atoms with E-state index in [0.29, 0.717) is 23.4 Å². The monoisotopic (exact) mass is 579 g/mol.